The van der Waals surface area contributed by atoms with Gasteiger partial charge in [-0.25, -0.2) is 4.79 Å². The Hall–Kier alpha value is -1.30. The van der Waals surface area contributed by atoms with Gasteiger partial charge in [-0.3, -0.25) is 4.79 Å². The van der Waals surface area contributed by atoms with E-state index < -0.39 is 23.1 Å². The van der Waals surface area contributed by atoms with Crippen molar-refractivity contribution in [2.75, 3.05) is 19.8 Å². The highest BCUT2D eigenvalue weighted by atomic mass is 16.6. The third-order valence-electron chi connectivity index (χ3n) is 4.32. The van der Waals surface area contributed by atoms with Crippen molar-refractivity contribution in [3.63, 3.8) is 0 Å². The van der Waals surface area contributed by atoms with Gasteiger partial charge >= 0.3 is 12.1 Å². The smallest absolute Gasteiger partial charge is 0.407 e. The SMILES string of the molecule is CC(C)(C)OC(=O)NC[C@@]1(C(=O)O)CC12CCOCC2. The first-order chi connectivity index (χ1) is 9.21. The van der Waals surface area contributed by atoms with Crippen molar-refractivity contribution < 1.29 is 24.2 Å². The normalized spacial score (nSPS) is 27.9. The minimum Gasteiger partial charge on any atom is -0.481 e. The number of ether oxygens (including phenoxy) is 2. The molecule has 0 bridgehead atoms. The van der Waals surface area contributed by atoms with Crippen molar-refractivity contribution in [3.8, 4) is 0 Å². The van der Waals surface area contributed by atoms with Gasteiger partial charge in [0.25, 0.3) is 0 Å². The predicted octanol–water partition coefficient (Wildman–Crippen LogP) is 1.78. The Labute approximate surface area is 118 Å². The molecule has 6 nitrogen and oxygen atoms in total. The van der Waals surface area contributed by atoms with Crippen LogP contribution < -0.4 is 5.32 Å². The standard InChI is InChI=1S/C14H23NO5/c1-12(2,3)20-11(18)15-9-14(10(16)17)8-13(14)4-6-19-7-5-13/h4-9H2,1-3H3,(H,15,18)(H,16,17)/t14-/m1/s1. The summed E-state index contributed by atoms with van der Waals surface area (Å²) in [6.45, 7) is 6.64. The lowest BCUT2D eigenvalue weighted by atomic mass is 9.86. The molecule has 1 aliphatic heterocycles. The van der Waals surface area contributed by atoms with Gasteiger partial charge in [-0.2, -0.15) is 0 Å². The van der Waals surface area contributed by atoms with Gasteiger partial charge in [0.2, 0.25) is 0 Å². The highest BCUT2D eigenvalue weighted by molar-refractivity contribution is 5.81. The van der Waals surface area contributed by atoms with E-state index in [0.717, 1.165) is 12.8 Å². The molecular weight excluding hydrogens is 262 g/mol. The first-order valence-corrected chi connectivity index (χ1v) is 6.99. The summed E-state index contributed by atoms with van der Waals surface area (Å²) in [6, 6.07) is 0. The number of rotatable bonds is 3. The topological polar surface area (TPSA) is 84.9 Å². The van der Waals surface area contributed by atoms with Crippen LogP contribution in [0.4, 0.5) is 4.79 Å². The van der Waals surface area contributed by atoms with Gasteiger partial charge in [0.1, 0.15) is 5.60 Å². The number of nitrogens with one attached hydrogen (secondary N) is 1. The lowest BCUT2D eigenvalue weighted by Gasteiger charge is -2.27. The van der Waals surface area contributed by atoms with Crippen molar-refractivity contribution in [1.82, 2.24) is 5.32 Å². The van der Waals surface area contributed by atoms with Gasteiger partial charge in [-0.15, -0.1) is 0 Å². The summed E-state index contributed by atoms with van der Waals surface area (Å²) < 4.78 is 10.5. The Kier molecular flexibility index (Phi) is 3.71. The number of carboxylic acids is 1. The zero-order valence-corrected chi connectivity index (χ0v) is 12.3. The van der Waals surface area contributed by atoms with Crippen LogP contribution in [-0.4, -0.2) is 42.5 Å². The number of carbonyl (C=O) groups excluding carboxylic acids is 1. The predicted molar refractivity (Wildman–Crippen MR) is 71.4 cm³/mol. The summed E-state index contributed by atoms with van der Waals surface area (Å²) in [5.74, 6) is -0.838. The number of carboxylic acid groups (broad SMARTS) is 1. The molecule has 1 heterocycles. The highest BCUT2D eigenvalue weighted by Gasteiger charge is 2.71. The Bertz CT molecular complexity index is 408. The van der Waals surface area contributed by atoms with Gasteiger partial charge in [-0.05, 0) is 45.4 Å². The number of hydrogen-bond donors (Lipinski definition) is 2. The van der Waals surface area contributed by atoms with Crippen LogP contribution >= 0.6 is 0 Å². The van der Waals surface area contributed by atoms with E-state index in [-0.39, 0.29) is 12.0 Å². The quantitative estimate of drug-likeness (QED) is 0.825. The van der Waals surface area contributed by atoms with E-state index in [9.17, 15) is 14.7 Å². The van der Waals surface area contributed by atoms with E-state index >= 15 is 0 Å². The van der Waals surface area contributed by atoms with Crippen LogP contribution in [0.1, 0.15) is 40.0 Å². The van der Waals surface area contributed by atoms with E-state index in [0.29, 0.717) is 19.6 Å². The molecule has 0 aromatic heterocycles. The molecule has 1 spiro atoms. The van der Waals surface area contributed by atoms with Gasteiger partial charge < -0.3 is 19.9 Å². The minimum absolute atomic E-state index is 0.122. The van der Waals surface area contributed by atoms with Crippen molar-refractivity contribution in [3.05, 3.63) is 0 Å². The molecule has 1 atom stereocenters. The average molecular weight is 285 g/mol. The lowest BCUT2D eigenvalue weighted by molar-refractivity contribution is -0.145. The summed E-state index contributed by atoms with van der Waals surface area (Å²) >= 11 is 0. The average Bonchev–Trinajstić information content (AvgIpc) is 2.94. The second-order valence-electron chi connectivity index (χ2n) is 6.81. The zero-order chi connectivity index (χ0) is 15.0. The van der Waals surface area contributed by atoms with Gasteiger partial charge in [0.05, 0.1) is 5.41 Å². The molecule has 114 valence electrons. The van der Waals surface area contributed by atoms with E-state index in [1.165, 1.54) is 0 Å². The van der Waals surface area contributed by atoms with Crippen molar-refractivity contribution in [1.29, 1.82) is 0 Å². The van der Waals surface area contributed by atoms with Crippen LogP contribution in [0.25, 0.3) is 0 Å². The molecule has 2 fully saturated rings. The van der Waals surface area contributed by atoms with Gasteiger partial charge in [0, 0.05) is 19.8 Å². The molecule has 2 aliphatic rings. The highest BCUT2D eigenvalue weighted by Crippen LogP contribution is 2.68. The van der Waals surface area contributed by atoms with Gasteiger partial charge in [-0.1, -0.05) is 0 Å². The van der Waals surface area contributed by atoms with E-state index in [1.54, 1.807) is 20.8 Å². The molecule has 2 rings (SSSR count). The first kappa shape index (κ1) is 15.1. The van der Waals surface area contributed by atoms with Crippen LogP contribution in [0.3, 0.4) is 0 Å². The second kappa shape index (κ2) is 4.91. The fraction of sp³-hybridized carbons (Fsp3) is 0.857. The van der Waals surface area contributed by atoms with Crippen molar-refractivity contribution in [2.45, 2.75) is 45.6 Å². The van der Waals surface area contributed by atoms with E-state index in [1.807, 2.05) is 0 Å². The maximum Gasteiger partial charge on any atom is 0.407 e. The van der Waals surface area contributed by atoms with Crippen LogP contribution in [0.2, 0.25) is 0 Å². The molecule has 1 amide bonds. The van der Waals surface area contributed by atoms with Crippen molar-refractivity contribution in [2.24, 2.45) is 10.8 Å². The Morgan fingerprint density at radius 1 is 1.30 bits per heavy atom. The first-order valence-electron chi connectivity index (χ1n) is 6.99. The number of carbonyl (C=O) groups is 2. The molecule has 2 N–H and O–H groups in total. The van der Waals surface area contributed by atoms with Crippen LogP contribution in [0, 0.1) is 10.8 Å². The maximum absolute atomic E-state index is 11.7. The second-order valence-corrected chi connectivity index (χ2v) is 6.81. The molecule has 1 aliphatic carbocycles. The third kappa shape index (κ3) is 2.75. The monoisotopic (exact) mass is 285 g/mol. The Morgan fingerprint density at radius 3 is 2.40 bits per heavy atom. The molecule has 0 aromatic carbocycles. The third-order valence-corrected chi connectivity index (χ3v) is 4.32. The largest absolute Gasteiger partial charge is 0.481 e. The summed E-state index contributed by atoms with van der Waals surface area (Å²) in [5.41, 5.74) is -1.65. The fourth-order valence-corrected chi connectivity index (χ4v) is 3.12. The number of hydrogen-bond acceptors (Lipinski definition) is 4. The Balaban J connectivity index is 1.95. The van der Waals surface area contributed by atoms with Crippen molar-refractivity contribution >= 4 is 12.1 Å². The minimum atomic E-state index is -0.853. The number of alkyl carbamates (subject to hydrolysis) is 1. The van der Waals surface area contributed by atoms with Crippen LogP contribution in [-0.2, 0) is 14.3 Å². The van der Waals surface area contributed by atoms with E-state index in [4.69, 9.17) is 9.47 Å². The number of aliphatic carboxylic acids is 1. The molecular formula is C14H23NO5. The summed E-state index contributed by atoms with van der Waals surface area (Å²) in [5, 5.41) is 12.1. The van der Waals surface area contributed by atoms with Gasteiger partial charge in [0.15, 0.2) is 0 Å². The Morgan fingerprint density at radius 2 is 1.90 bits per heavy atom. The van der Waals surface area contributed by atoms with E-state index in [2.05, 4.69) is 5.32 Å². The van der Waals surface area contributed by atoms with Crippen LogP contribution in [0.15, 0.2) is 0 Å². The summed E-state index contributed by atoms with van der Waals surface area (Å²) in [7, 11) is 0. The molecule has 1 saturated heterocycles. The maximum atomic E-state index is 11.7. The molecule has 0 aromatic rings. The molecule has 0 unspecified atom stereocenters. The molecule has 0 radical (unpaired) electrons. The molecule has 20 heavy (non-hydrogen) atoms. The lowest BCUT2D eigenvalue weighted by Crippen LogP contribution is -2.41. The van der Waals surface area contributed by atoms with Crippen LogP contribution in [0.5, 0.6) is 0 Å². The zero-order valence-electron chi connectivity index (χ0n) is 12.3. The summed E-state index contributed by atoms with van der Waals surface area (Å²) in [6.07, 6.45) is 1.53. The molecule has 1 saturated carbocycles. The fourth-order valence-electron chi connectivity index (χ4n) is 3.12. The molecule has 6 heteroatoms. The number of amides is 1. The summed E-state index contributed by atoms with van der Waals surface area (Å²) in [4.78, 5) is 23.3.